The first-order chi connectivity index (χ1) is 6.38. The van der Waals surface area contributed by atoms with Crippen molar-refractivity contribution in [1.82, 2.24) is 20.2 Å². The Bertz CT molecular complexity index is 356. The molecule has 2 aliphatic rings. The van der Waals surface area contributed by atoms with Gasteiger partial charge in [0, 0.05) is 0 Å². The second-order valence-corrected chi connectivity index (χ2v) is 4.42. The van der Waals surface area contributed by atoms with Crippen molar-refractivity contribution in [3.63, 3.8) is 0 Å². The summed E-state index contributed by atoms with van der Waals surface area (Å²) in [5.41, 5.74) is 0. The van der Waals surface area contributed by atoms with E-state index < -0.39 is 0 Å². The van der Waals surface area contributed by atoms with E-state index in [1.54, 1.807) is 0 Å². The third-order valence-corrected chi connectivity index (χ3v) is 3.68. The standard InChI is InChI=1S/C8H12N4S/c13-8-9-10-11-12(8)7-5-3-1-2-4-6(5)7/h5-7H,1-4H2,(H,9,11,13). The molecule has 13 heavy (non-hydrogen) atoms. The molecular weight excluding hydrogens is 184 g/mol. The summed E-state index contributed by atoms with van der Waals surface area (Å²) in [6.45, 7) is 0. The van der Waals surface area contributed by atoms with Gasteiger partial charge in [0.1, 0.15) is 0 Å². The van der Waals surface area contributed by atoms with Gasteiger partial charge in [0.2, 0.25) is 4.77 Å². The van der Waals surface area contributed by atoms with E-state index in [4.69, 9.17) is 12.2 Å². The van der Waals surface area contributed by atoms with Gasteiger partial charge < -0.3 is 0 Å². The van der Waals surface area contributed by atoms with Crippen molar-refractivity contribution >= 4 is 12.2 Å². The zero-order chi connectivity index (χ0) is 8.84. The van der Waals surface area contributed by atoms with Crippen molar-refractivity contribution in [2.24, 2.45) is 11.8 Å². The number of rotatable bonds is 1. The fourth-order valence-electron chi connectivity index (χ4n) is 2.74. The van der Waals surface area contributed by atoms with Gasteiger partial charge in [-0.05, 0) is 36.9 Å². The van der Waals surface area contributed by atoms with E-state index in [1.165, 1.54) is 25.7 Å². The van der Waals surface area contributed by atoms with Crippen LogP contribution in [0.1, 0.15) is 31.7 Å². The maximum absolute atomic E-state index is 5.08. The van der Waals surface area contributed by atoms with Crippen LogP contribution in [0.5, 0.6) is 0 Å². The minimum atomic E-state index is 0.588. The van der Waals surface area contributed by atoms with E-state index in [2.05, 4.69) is 15.5 Å². The van der Waals surface area contributed by atoms with Crippen LogP contribution in [0.25, 0.3) is 0 Å². The van der Waals surface area contributed by atoms with Gasteiger partial charge in [0.15, 0.2) is 0 Å². The van der Waals surface area contributed by atoms with Crippen LogP contribution in [0.3, 0.4) is 0 Å². The van der Waals surface area contributed by atoms with E-state index in [1.807, 2.05) is 4.68 Å². The molecule has 0 bridgehead atoms. The highest BCUT2D eigenvalue weighted by Gasteiger charge is 2.52. The minimum Gasteiger partial charge on any atom is -0.239 e. The van der Waals surface area contributed by atoms with E-state index in [0.29, 0.717) is 10.8 Å². The van der Waals surface area contributed by atoms with Gasteiger partial charge in [0.25, 0.3) is 0 Å². The van der Waals surface area contributed by atoms with E-state index in [-0.39, 0.29) is 0 Å². The predicted molar refractivity (Wildman–Crippen MR) is 49.7 cm³/mol. The van der Waals surface area contributed by atoms with Gasteiger partial charge in [-0.15, -0.1) is 0 Å². The largest absolute Gasteiger partial charge is 0.239 e. The number of aromatic nitrogens is 4. The number of H-pyrrole nitrogens is 1. The average molecular weight is 196 g/mol. The van der Waals surface area contributed by atoms with Gasteiger partial charge >= 0.3 is 0 Å². The molecule has 3 rings (SSSR count). The monoisotopic (exact) mass is 196 g/mol. The fourth-order valence-corrected chi connectivity index (χ4v) is 2.94. The minimum absolute atomic E-state index is 0.588. The number of tetrazole rings is 1. The second-order valence-electron chi connectivity index (χ2n) is 4.06. The van der Waals surface area contributed by atoms with Crippen LogP contribution in [0.2, 0.25) is 0 Å². The molecule has 2 fully saturated rings. The molecule has 70 valence electrons. The molecular formula is C8H12N4S. The SMILES string of the molecule is S=c1nn[nH]n1C1C2CCCCC21. The van der Waals surface area contributed by atoms with Crippen molar-refractivity contribution in [1.29, 1.82) is 0 Å². The van der Waals surface area contributed by atoms with Gasteiger partial charge in [-0.3, -0.25) is 0 Å². The smallest absolute Gasteiger partial charge is 0.238 e. The first-order valence-electron chi connectivity index (χ1n) is 4.87. The number of nitrogens with one attached hydrogen (secondary N) is 1. The molecule has 2 unspecified atom stereocenters. The summed E-state index contributed by atoms with van der Waals surface area (Å²) >= 11 is 5.08. The highest BCUT2D eigenvalue weighted by atomic mass is 32.1. The summed E-state index contributed by atoms with van der Waals surface area (Å²) in [7, 11) is 0. The summed E-state index contributed by atoms with van der Waals surface area (Å²) in [5, 5.41) is 10.4. The van der Waals surface area contributed by atoms with Crippen molar-refractivity contribution in [3.8, 4) is 0 Å². The highest BCUT2D eigenvalue weighted by molar-refractivity contribution is 7.71. The third-order valence-electron chi connectivity index (χ3n) is 3.40. The van der Waals surface area contributed by atoms with Crippen LogP contribution < -0.4 is 0 Å². The number of nitrogens with zero attached hydrogens (tertiary/aromatic N) is 3. The predicted octanol–water partition coefficient (Wildman–Crippen LogP) is 1.70. The first kappa shape index (κ1) is 7.67. The van der Waals surface area contributed by atoms with Crippen molar-refractivity contribution in [2.45, 2.75) is 31.7 Å². The number of fused-ring (bicyclic) bond motifs is 1. The van der Waals surface area contributed by atoms with Crippen molar-refractivity contribution in [2.75, 3.05) is 0 Å². The van der Waals surface area contributed by atoms with Gasteiger partial charge in [-0.1, -0.05) is 23.2 Å². The summed E-state index contributed by atoms with van der Waals surface area (Å²) in [6, 6.07) is 0.588. The molecule has 1 heterocycles. The second kappa shape index (κ2) is 2.64. The zero-order valence-electron chi connectivity index (χ0n) is 7.31. The highest BCUT2D eigenvalue weighted by Crippen LogP contribution is 2.58. The zero-order valence-corrected chi connectivity index (χ0v) is 8.13. The van der Waals surface area contributed by atoms with E-state index >= 15 is 0 Å². The Morgan fingerprint density at radius 1 is 1.31 bits per heavy atom. The number of aromatic amines is 1. The van der Waals surface area contributed by atoms with Gasteiger partial charge in [-0.2, -0.15) is 5.21 Å². The molecule has 0 spiro atoms. The summed E-state index contributed by atoms with van der Waals surface area (Å²) in [6.07, 6.45) is 5.48. The molecule has 2 atom stereocenters. The molecule has 0 aliphatic heterocycles. The fraction of sp³-hybridized carbons (Fsp3) is 0.875. The quantitative estimate of drug-likeness (QED) is 0.695. The molecule has 0 saturated heterocycles. The molecule has 2 saturated carbocycles. The number of hydrogen-bond donors (Lipinski definition) is 1. The topological polar surface area (TPSA) is 46.5 Å². The number of hydrogen-bond acceptors (Lipinski definition) is 3. The van der Waals surface area contributed by atoms with E-state index in [0.717, 1.165) is 11.8 Å². The lowest BCUT2D eigenvalue weighted by Crippen LogP contribution is -1.99. The molecule has 0 amide bonds. The Labute approximate surface area is 81.3 Å². The Hall–Kier alpha value is -0.710. The third kappa shape index (κ3) is 1.06. The summed E-state index contributed by atoms with van der Waals surface area (Å²) < 4.78 is 2.58. The normalized spacial score (nSPS) is 37.1. The lowest BCUT2D eigenvalue weighted by molar-refractivity contribution is 0.480. The molecule has 1 aromatic heterocycles. The summed E-state index contributed by atoms with van der Waals surface area (Å²) in [4.78, 5) is 0. The molecule has 2 aliphatic carbocycles. The van der Waals surface area contributed by atoms with Crippen molar-refractivity contribution in [3.05, 3.63) is 4.77 Å². The Kier molecular flexibility index (Phi) is 1.56. The maximum atomic E-state index is 5.08. The van der Waals surface area contributed by atoms with Crippen LogP contribution in [0, 0.1) is 16.6 Å². The Morgan fingerprint density at radius 2 is 2.00 bits per heavy atom. The van der Waals surface area contributed by atoms with Crippen molar-refractivity contribution < 1.29 is 0 Å². The molecule has 0 radical (unpaired) electrons. The van der Waals surface area contributed by atoms with E-state index in [9.17, 15) is 0 Å². The lowest BCUT2D eigenvalue weighted by atomic mass is 10.0. The lowest BCUT2D eigenvalue weighted by Gasteiger charge is -2.04. The maximum Gasteiger partial charge on any atom is 0.238 e. The summed E-state index contributed by atoms with van der Waals surface area (Å²) in [5.74, 6) is 1.70. The molecule has 4 nitrogen and oxygen atoms in total. The average Bonchev–Trinajstić information content (AvgIpc) is 2.73. The molecule has 1 aromatic rings. The van der Waals surface area contributed by atoms with Crippen LogP contribution in [-0.2, 0) is 0 Å². The van der Waals surface area contributed by atoms with Crippen LogP contribution in [0.15, 0.2) is 0 Å². The van der Waals surface area contributed by atoms with Gasteiger partial charge in [0.05, 0.1) is 6.04 Å². The Morgan fingerprint density at radius 3 is 2.54 bits per heavy atom. The van der Waals surface area contributed by atoms with Gasteiger partial charge in [-0.25, -0.2) is 4.68 Å². The first-order valence-corrected chi connectivity index (χ1v) is 5.28. The van der Waals surface area contributed by atoms with Crippen LogP contribution >= 0.6 is 12.2 Å². The molecule has 5 heteroatoms. The van der Waals surface area contributed by atoms with Crippen LogP contribution in [-0.4, -0.2) is 20.2 Å². The molecule has 1 N–H and O–H groups in total. The van der Waals surface area contributed by atoms with Crippen LogP contribution in [0.4, 0.5) is 0 Å². The Balaban J connectivity index is 1.89. The molecule has 0 aromatic carbocycles.